The minimum Gasteiger partial charge on any atom is -0.326 e. The van der Waals surface area contributed by atoms with E-state index in [1.807, 2.05) is 0 Å². The number of rotatable bonds is 2. The van der Waals surface area contributed by atoms with Crippen LogP contribution in [0.2, 0.25) is 0 Å². The van der Waals surface area contributed by atoms with Crippen molar-refractivity contribution < 1.29 is 0 Å². The second-order valence-corrected chi connectivity index (χ2v) is 4.92. The maximum atomic E-state index is 5.95. The molecule has 1 fully saturated rings. The van der Waals surface area contributed by atoms with Crippen molar-refractivity contribution in [1.82, 2.24) is 4.90 Å². The summed E-state index contributed by atoms with van der Waals surface area (Å²) in [5.74, 6) is 0. The van der Waals surface area contributed by atoms with Gasteiger partial charge in [-0.2, -0.15) is 0 Å². The van der Waals surface area contributed by atoms with Crippen LogP contribution in [0.4, 0.5) is 0 Å². The molecule has 3 rings (SSSR count). The zero-order chi connectivity index (χ0) is 11.7. The lowest BCUT2D eigenvalue weighted by atomic mass is 10.0. The Morgan fingerprint density at radius 1 is 1.12 bits per heavy atom. The third-order valence-electron chi connectivity index (χ3n) is 3.58. The molecule has 0 aromatic heterocycles. The van der Waals surface area contributed by atoms with Gasteiger partial charge in [0.05, 0.1) is 0 Å². The Balaban J connectivity index is 1.90. The van der Waals surface area contributed by atoms with Crippen molar-refractivity contribution in [3.05, 3.63) is 48.0 Å². The molecule has 2 heteroatoms. The van der Waals surface area contributed by atoms with Crippen LogP contribution in [0.25, 0.3) is 10.8 Å². The van der Waals surface area contributed by atoms with E-state index in [2.05, 4.69) is 47.4 Å². The number of hydrogen-bond acceptors (Lipinski definition) is 2. The number of fused-ring (bicyclic) bond motifs is 1. The highest BCUT2D eigenvalue weighted by Crippen LogP contribution is 2.21. The van der Waals surface area contributed by atoms with E-state index in [0.29, 0.717) is 6.04 Å². The molecule has 0 unspecified atom stereocenters. The highest BCUT2D eigenvalue weighted by Gasteiger charge is 2.19. The molecule has 2 aromatic rings. The predicted molar refractivity (Wildman–Crippen MR) is 71.8 cm³/mol. The Morgan fingerprint density at radius 3 is 2.76 bits per heavy atom. The molecule has 0 amide bonds. The molecule has 2 N–H and O–H groups in total. The van der Waals surface area contributed by atoms with Crippen molar-refractivity contribution in [1.29, 1.82) is 0 Å². The van der Waals surface area contributed by atoms with E-state index in [1.165, 1.54) is 16.3 Å². The monoisotopic (exact) mass is 226 g/mol. The molecular weight excluding hydrogens is 208 g/mol. The summed E-state index contributed by atoms with van der Waals surface area (Å²) in [6.45, 7) is 3.18. The summed E-state index contributed by atoms with van der Waals surface area (Å²) < 4.78 is 0. The molecule has 2 nitrogen and oxygen atoms in total. The Morgan fingerprint density at radius 2 is 1.94 bits per heavy atom. The average Bonchev–Trinajstić information content (AvgIpc) is 2.75. The van der Waals surface area contributed by atoms with E-state index in [4.69, 9.17) is 5.73 Å². The van der Waals surface area contributed by atoms with E-state index < -0.39 is 0 Å². The van der Waals surface area contributed by atoms with Gasteiger partial charge in [0, 0.05) is 25.7 Å². The van der Waals surface area contributed by atoms with Gasteiger partial charge in [0.25, 0.3) is 0 Å². The molecule has 1 heterocycles. The first-order valence-corrected chi connectivity index (χ1v) is 6.27. The molecule has 88 valence electrons. The molecule has 17 heavy (non-hydrogen) atoms. The van der Waals surface area contributed by atoms with Crippen LogP contribution < -0.4 is 5.73 Å². The SMILES string of the molecule is N[C@@H]1CCN(Cc2cccc3ccccc23)C1. The summed E-state index contributed by atoms with van der Waals surface area (Å²) in [6, 6.07) is 15.5. The van der Waals surface area contributed by atoms with E-state index in [9.17, 15) is 0 Å². The molecule has 0 spiro atoms. The van der Waals surface area contributed by atoms with Crippen LogP contribution in [-0.2, 0) is 6.54 Å². The Bertz CT molecular complexity index is 516. The van der Waals surface area contributed by atoms with Gasteiger partial charge in [0.1, 0.15) is 0 Å². The minimum atomic E-state index is 0.366. The van der Waals surface area contributed by atoms with Crippen LogP contribution >= 0.6 is 0 Å². The summed E-state index contributed by atoms with van der Waals surface area (Å²) in [6.07, 6.45) is 1.13. The third kappa shape index (κ3) is 2.19. The second-order valence-electron chi connectivity index (χ2n) is 4.92. The van der Waals surface area contributed by atoms with Crippen molar-refractivity contribution in [2.24, 2.45) is 5.73 Å². The quantitative estimate of drug-likeness (QED) is 0.852. The van der Waals surface area contributed by atoms with E-state index in [1.54, 1.807) is 0 Å². The lowest BCUT2D eigenvalue weighted by Crippen LogP contribution is -2.26. The molecule has 1 aliphatic heterocycles. The summed E-state index contributed by atoms with van der Waals surface area (Å²) >= 11 is 0. The average molecular weight is 226 g/mol. The van der Waals surface area contributed by atoms with Crippen LogP contribution in [0.15, 0.2) is 42.5 Å². The standard InChI is InChI=1S/C15H18N2/c16-14-8-9-17(11-14)10-13-6-3-5-12-4-1-2-7-15(12)13/h1-7,14H,8-11,16H2/t14-/m1/s1. The zero-order valence-corrected chi connectivity index (χ0v) is 9.97. The highest BCUT2D eigenvalue weighted by molar-refractivity contribution is 5.85. The van der Waals surface area contributed by atoms with Crippen LogP contribution in [0.5, 0.6) is 0 Å². The van der Waals surface area contributed by atoms with Crippen molar-refractivity contribution in [3.8, 4) is 0 Å². The van der Waals surface area contributed by atoms with Gasteiger partial charge in [-0.15, -0.1) is 0 Å². The topological polar surface area (TPSA) is 29.3 Å². The van der Waals surface area contributed by atoms with E-state index >= 15 is 0 Å². The van der Waals surface area contributed by atoms with Gasteiger partial charge in [0.15, 0.2) is 0 Å². The fourth-order valence-electron chi connectivity index (χ4n) is 2.68. The number of likely N-dealkylation sites (tertiary alicyclic amines) is 1. The van der Waals surface area contributed by atoms with Crippen LogP contribution in [0.3, 0.4) is 0 Å². The molecule has 1 saturated heterocycles. The van der Waals surface area contributed by atoms with Gasteiger partial charge in [-0.1, -0.05) is 42.5 Å². The first kappa shape index (κ1) is 10.8. The molecule has 0 aliphatic carbocycles. The molecule has 0 saturated carbocycles. The van der Waals surface area contributed by atoms with Gasteiger partial charge in [0.2, 0.25) is 0 Å². The molecule has 1 aliphatic rings. The van der Waals surface area contributed by atoms with Crippen LogP contribution in [-0.4, -0.2) is 24.0 Å². The Labute approximate surface area is 102 Å². The van der Waals surface area contributed by atoms with Crippen molar-refractivity contribution in [2.75, 3.05) is 13.1 Å². The van der Waals surface area contributed by atoms with Gasteiger partial charge in [-0.05, 0) is 22.8 Å². The third-order valence-corrected chi connectivity index (χ3v) is 3.58. The predicted octanol–water partition coefficient (Wildman–Crippen LogP) is 2.37. The first-order chi connectivity index (χ1) is 8.33. The lowest BCUT2D eigenvalue weighted by Gasteiger charge is -2.16. The van der Waals surface area contributed by atoms with E-state index in [0.717, 1.165) is 26.1 Å². The molecular formula is C15H18N2. The van der Waals surface area contributed by atoms with Gasteiger partial charge in [-0.25, -0.2) is 0 Å². The molecule has 0 bridgehead atoms. The van der Waals surface area contributed by atoms with Gasteiger partial charge in [-0.3, -0.25) is 4.90 Å². The zero-order valence-electron chi connectivity index (χ0n) is 9.97. The van der Waals surface area contributed by atoms with Crippen molar-refractivity contribution in [3.63, 3.8) is 0 Å². The lowest BCUT2D eigenvalue weighted by molar-refractivity contribution is 0.328. The maximum absolute atomic E-state index is 5.95. The molecule has 1 atom stereocenters. The molecule has 0 radical (unpaired) electrons. The number of nitrogens with two attached hydrogens (primary N) is 1. The number of nitrogens with zero attached hydrogens (tertiary/aromatic N) is 1. The van der Waals surface area contributed by atoms with Gasteiger partial charge < -0.3 is 5.73 Å². The Kier molecular flexibility index (Phi) is 2.83. The van der Waals surface area contributed by atoms with Crippen LogP contribution in [0.1, 0.15) is 12.0 Å². The highest BCUT2D eigenvalue weighted by atomic mass is 15.2. The maximum Gasteiger partial charge on any atom is 0.0240 e. The first-order valence-electron chi connectivity index (χ1n) is 6.27. The smallest absolute Gasteiger partial charge is 0.0240 e. The largest absolute Gasteiger partial charge is 0.326 e. The second kappa shape index (κ2) is 4.47. The Hall–Kier alpha value is -1.38. The van der Waals surface area contributed by atoms with Gasteiger partial charge >= 0.3 is 0 Å². The normalized spacial score (nSPS) is 21.1. The summed E-state index contributed by atoms with van der Waals surface area (Å²) in [7, 11) is 0. The van der Waals surface area contributed by atoms with Crippen LogP contribution in [0, 0.1) is 0 Å². The molecule has 2 aromatic carbocycles. The summed E-state index contributed by atoms with van der Waals surface area (Å²) in [4.78, 5) is 2.45. The van der Waals surface area contributed by atoms with E-state index in [-0.39, 0.29) is 0 Å². The number of benzene rings is 2. The summed E-state index contributed by atoms with van der Waals surface area (Å²) in [5.41, 5.74) is 7.36. The summed E-state index contributed by atoms with van der Waals surface area (Å²) in [5, 5.41) is 2.70. The van der Waals surface area contributed by atoms with Crippen molar-refractivity contribution in [2.45, 2.75) is 19.0 Å². The minimum absolute atomic E-state index is 0.366. The number of hydrogen-bond donors (Lipinski definition) is 1. The fraction of sp³-hybridized carbons (Fsp3) is 0.333. The van der Waals surface area contributed by atoms with Crippen molar-refractivity contribution >= 4 is 10.8 Å². The fourth-order valence-corrected chi connectivity index (χ4v) is 2.68.